The Labute approximate surface area is 103 Å². The summed E-state index contributed by atoms with van der Waals surface area (Å²) in [6.45, 7) is 0. The van der Waals surface area contributed by atoms with Gasteiger partial charge in [0, 0.05) is 6.42 Å². The third kappa shape index (κ3) is 2.29. The number of rotatable bonds is 3. The van der Waals surface area contributed by atoms with Crippen molar-refractivity contribution in [1.82, 2.24) is 0 Å². The van der Waals surface area contributed by atoms with E-state index in [4.69, 9.17) is 27.6 Å². The van der Waals surface area contributed by atoms with E-state index in [0.717, 1.165) is 0 Å². The van der Waals surface area contributed by atoms with Gasteiger partial charge in [0.25, 0.3) is 0 Å². The highest BCUT2D eigenvalue weighted by Gasteiger charge is 2.12. The first kappa shape index (κ1) is 11.2. The van der Waals surface area contributed by atoms with Crippen molar-refractivity contribution in [2.75, 3.05) is 0 Å². The van der Waals surface area contributed by atoms with Crippen LogP contribution in [0.3, 0.4) is 0 Å². The summed E-state index contributed by atoms with van der Waals surface area (Å²) < 4.78 is 5.01. The van der Waals surface area contributed by atoms with Crippen LogP contribution in [0.25, 0.3) is 0 Å². The lowest BCUT2D eigenvalue weighted by Gasteiger charge is -2.03. The van der Waals surface area contributed by atoms with Crippen molar-refractivity contribution in [2.45, 2.75) is 6.42 Å². The number of carbonyl (C=O) groups is 1. The molecule has 0 aliphatic heterocycles. The molecule has 0 amide bonds. The molecule has 0 aliphatic carbocycles. The maximum absolute atomic E-state index is 11.7. The second-order valence-electron chi connectivity index (χ2n) is 3.29. The molecule has 2 rings (SSSR count). The fourth-order valence-corrected chi connectivity index (χ4v) is 1.77. The third-order valence-electron chi connectivity index (χ3n) is 2.18. The molecule has 0 fully saturated rings. The Balaban J connectivity index is 2.22. The normalized spacial score (nSPS) is 10.4. The van der Waals surface area contributed by atoms with E-state index in [1.54, 1.807) is 30.3 Å². The number of carbonyl (C=O) groups excluding carboxylic acids is 1. The maximum atomic E-state index is 11.7. The van der Waals surface area contributed by atoms with E-state index in [1.807, 2.05) is 0 Å². The van der Waals surface area contributed by atoms with Gasteiger partial charge in [-0.05, 0) is 23.8 Å². The standard InChI is InChI=1S/C12H8Cl2O2/c13-9-4-1-3-8(12(9)14)7-10(15)11-5-2-6-16-11/h1-6H,7H2. The molecule has 2 nitrogen and oxygen atoms in total. The maximum Gasteiger partial charge on any atom is 0.202 e. The molecule has 0 saturated heterocycles. The van der Waals surface area contributed by atoms with Crippen molar-refractivity contribution in [3.8, 4) is 0 Å². The Morgan fingerprint density at radius 3 is 2.69 bits per heavy atom. The molecule has 0 saturated carbocycles. The average Bonchev–Trinajstić information content (AvgIpc) is 2.78. The molecule has 16 heavy (non-hydrogen) atoms. The Morgan fingerprint density at radius 1 is 1.19 bits per heavy atom. The highest BCUT2D eigenvalue weighted by atomic mass is 35.5. The van der Waals surface area contributed by atoms with Crippen molar-refractivity contribution < 1.29 is 9.21 Å². The third-order valence-corrected chi connectivity index (χ3v) is 3.04. The molecule has 0 atom stereocenters. The van der Waals surface area contributed by atoms with Gasteiger partial charge in [-0.25, -0.2) is 0 Å². The van der Waals surface area contributed by atoms with E-state index >= 15 is 0 Å². The van der Waals surface area contributed by atoms with Crippen molar-refractivity contribution in [3.63, 3.8) is 0 Å². The highest BCUT2D eigenvalue weighted by molar-refractivity contribution is 6.42. The highest BCUT2D eigenvalue weighted by Crippen LogP contribution is 2.26. The SMILES string of the molecule is O=C(Cc1cccc(Cl)c1Cl)c1ccco1. The molecular formula is C12H8Cl2O2. The number of ketones is 1. The van der Waals surface area contributed by atoms with E-state index in [0.29, 0.717) is 21.4 Å². The van der Waals surface area contributed by atoms with Crippen molar-refractivity contribution in [1.29, 1.82) is 0 Å². The van der Waals surface area contributed by atoms with Crippen molar-refractivity contribution in [2.24, 2.45) is 0 Å². The predicted molar refractivity (Wildman–Crippen MR) is 63.2 cm³/mol. The van der Waals surface area contributed by atoms with Gasteiger partial charge in [-0.2, -0.15) is 0 Å². The molecule has 0 aliphatic rings. The first-order valence-corrected chi connectivity index (χ1v) is 5.43. The number of Topliss-reactive ketones (excluding diaryl/α,β-unsaturated/α-hetero) is 1. The van der Waals surface area contributed by atoms with Gasteiger partial charge in [-0.1, -0.05) is 35.3 Å². The zero-order valence-electron chi connectivity index (χ0n) is 8.24. The zero-order valence-corrected chi connectivity index (χ0v) is 9.76. The summed E-state index contributed by atoms with van der Waals surface area (Å²) in [7, 11) is 0. The van der Waals surface area contributed by atoms with Gasteiger partial charge in [0.1, 0.15) is 0 Å². The lowest BCUT2D eigenvalue weighted by molar-refractivity contribution is 0.0966. The quantitative estimate of drug-likeness (QED) is 0.775. The summed E-state index contributed by atoms with van der Waals surface area (Å²) in [5, 5.41) is 0.871. The minimum absolute atomic E-state index is 0.117. The van der Waals surface area contributed by atoms with E-state index in [2.05, 4.69) is 0 Å². The number of benzene rings is 1. The molecule has 1 aromatic heterocycles. The smallest absolute Gasteiger partial charge is 0.202 e. The van der Waals surface area contributed by atoms with Crippen LogP contribution in [0, 0.1) is 0 Å². The second-order valence-corrected chi connectivity index (χ2v) is 4.08. The van der Waals surface area contributed by atoms with Gasteiger partial charge < -0.3 is 4.42 Å². The summed E-state index contributed by atoms with van der Waals surface area (Å²) in [6, 6.07) is 8.52. The lowest BCUT2D eigenvalue weighted by atomic mass is 10.1. The molecule has 0 radical (unpaired) electrons. The molecule has 1 heterocycles. The van der Waals surface area contributed by atoms with Crippen LogP contribution in [0.15, 0.2) is 41.0 Å². The van der Waals surface area contributed by atoms with Crippen LogP contribution in [-0.4, -0.2) is 5.78 Å². The molecule has 0 bridgehead atoms. The summed E-state index contributed by atoms with van der Waals surface area (Å²) in [4.78, 5) is 11.7. The van der Waals surface area contributed by atoms with Gasteiger partial charge in [0.05, 0.1) is 16.3 Å². The van der Waals surface area contributed by atoms with Crippen LogP contribution in [0.4, 0.5) is 0 Å². The van der Waals surface area contributed by atoms with Crippen LogP contribution in [0.5, 0.6) is 0 Å². The number of hydrogen-bond donors (Lipinski definition) is 0. The van der Waals surface area contributed by atoms with Gasteiger partial charge in [0.15, 0.2) is 5.76 Å². The molecule has 0 N–H and O–H groups in total. The molecule has 82 valence electrons. The second kappa shape index (κ2) is 4.73. The van der Waals surface area contributed by atoms with E-state index in [9.17, 15) is 4.79 Å². The predicted octanol–water partition coefficient (Wildman–Crippen LogP) is 4.01. The summed E-state index contributed by atoms with van der Waals surface area (Å²) >= 11 is 11.8. The molecule has 2 aromatic rings. The minimum atomic E-state index is -0.117. The summed E-state index contributed by atoms with van der Waals surface area (Å²) in [5.41, 5.74) is 0.704. The Hall–Kier alpha value is -1.25. The molecule has 0 spiro atoms. The van der Waals surface area contributed by atoms with Crippen LogP contribution >= 0.6 is 23.2 Å². The Kier molecular flexibility index (Phi) is 3.32. The summed E-state index contributed by atoms with van der Waals surface area (Å²) in [6.07, 6.45) is 1.65. The number of hydrogen-bond acceptors (Lipinski definition) is 2. The number of halogens is 2. The van der Waals surface area contributed by atoms with Crippen LogP contribution in [-0.2, 0) is 6.42 Å². The first-order valence-electron chi connectivity index (χ1n) is 4.68. The average molecular weight is 255 g/mol. The van der Waals surface area contributed by atoms with Crippen molar-refractivity contribution >= 4 is 29.0 Å². The Morgan fingerprint density at radius 2 is 2.00 bits per heavy atom. The van der Waals surface area contributed by atoms with Gasteiger partial charge in [0.2, 0.25) is 5.78 Å². The lowest BCUT2D eigenvalue weighted by Crippen LogP contribution is -2.02. The minimum Gasteiger partial charge on any atom is -0.461 e. The monoisotopic (exact) mass is 254 g/mol. The van der Waals surface area contributed by atoms with E-state index in [-0.39, 0.29) is 12.2 Å². The largest absolute Gasteiger partial charge is 0.461 e. The van der Waals surface area contributed by atoms with E-state index < -0.39 is 0 Å². The summed E-state index contributed by atoms with van der Waals surface area (Å²) in [5.74, 6) is 0.213. The first-order chi connectivity index (χ1) is 7.68. The molecule has 4 heteroatoms. The topological polar surface area (TPSA) is 30.2 Å². The zero-order chi connectivity index (χ0) is 11.5. The number of furan rings is 1. The molecule has 1 aromatic carbocycles. The van der Waals surface area contributed by atoms with Crippen LogP contribution in [0.1, 0.15) is 16.1 Å². The van der Waals surface area contributed by atoms with E-state index in [1.165, 1.54) is 6.26 Å². The fourth-order valence-electron chi connectivity index (χ4n) is 1.38. The van der Waals surface area contributed by atoms with Crippen LogP contribution in [0.2, 0.25) is 10.0 Å². The Bertz CT molecular complexity index is 504. The van der Waals surface area contributed by atoms with Crippen molar-refractivity contribution in [3.05, 3.63) is 58.0 Å². The molecule has 0 unspecified atom stereocenters. The van der Waals surface area contributed by atoms with Gasteiger partial charge in [-0.15, -0.1) is 0 Å². The fraction of sp³-hybridized carbons (Fsp3) is 0.0833. The molecular weight excluding hydrogens is 247 g/mol. The van der Waals surface area contributed by atoms with Crippen LogP contribution < -0.4 is 0 Å². The van der Waals surface area contributed by atoms with Gasteiger partial charge in [-0.3, -0.25) is 4.79 Å². The van der Waals surface area contributed by atoms with Gasteiger partial charge >= 0.3 is 0 Å².